The number of fused-ring (bicyclic) bond motifs is 1. The molecule has 0 aromatic rings. The molecule has 0 spiro atoms. The van der Waals surface area contributed by atoms with Crippen LogP contribution >= 0.6 is 0 Å². The number of carboxylic acid groups (broad SMARTS) is 1. The maximum Gasteiger partial charge on any atom is 0.331 e. The molecule has 17 heavy (non-hydrogen) atoms. The van der Waals surface area contributed by atoms with Gasteiger partial charge in [-0.3, -0.25) is 0 Å². The lowest BCUT2D eigenvalue weighted by molar-refractivity contribution is -0.133. The van der Waals surface area contributed by atoms with Crippen molar-refractivity contribution in [3.05, 3.63) is 11.1 Å². The lowest BCUT2D eigenvalue weighted by atomic mass is 9.80. The first-order valence-electron chi connectivity index (χ1n) is 6.86. The second-order valence-corrected chi connectivity index (χ2v) is 5.65. The van der Waals surface area contributed by atoms with Crippen LogP contribution < -0.4 is 0 Å². The van der Waals surface area contributed by atoms with Gasteiger partial charge in [0.15, 0.2) is 0 Å². The number of hydrogen-bond acceptors (Lipinski definition) is 2. The number of carbonyl (C=O) groups is 1. The molecule has 3 nitrogen and oxygen atoms in total. The van der Waals surface area contributed by atoms with Crippen LogP contribution in [0.3, 0.4) is 0 Å². The highest BCUT2D eigenvalue weighted by Crippen LogP contribution is 2.44. The number of hydrogen-bond donors (Lipinski definition) is 1. The lowest BCUT2D eigenvalue weighted by Gasteiger charge is -2.24. The second-order valence-electron chi connectivity index (χ2n) is 5.65. The number of rotatable bonds is 3. The zero-order valence-electron chi connectivity index (χ0n) is 10.2. The molecular weight excluding hydrogens is 216 g/mol. The van der Waals surface area contributed by atoms with Crippen LogP contribution in [0, 0.1) is 5.92 Å². The summed E-state index contributed by atoms with van der Waals surface area (Å²) in [4.78, 5) is 11.3. The molecule has 1 aliphatic heterocycles. The van der Waals surface area contributed by atoms with Gasteiger partial charge in [0.2, 0.25) is 0 Å². The molecule has 2 aliphatic carbocycles. The van der Waals surface area contributed by atoms with Gasteiger partial charge in [-0.2, -0.15) is 0 Å². The summed E-state index contributed by atoms with van der Waals surface area (Å²) >= 11 is 0. The number of ether oxygens (including phenoxy) is 1. The van der Waals surface area contributed by atoms with Gasteiger partial charge in [-0.15, -0.1) is 0 Å². The minimum atomic E-state index is -0.718. The van der Waals surface area contributed by atoms with Gasteiger partial charge in [-0.1, -0.05) is 32.1 Å². The SMILES string of the molecule is O=C(O)C1=C(CC2CCCCC2)C2OC2CC1. The Kier molecular flexibility index (Phi) is 2.95. The minimum Gasteiger partial charge on any atom is -0.478 e. The monoisotopic (exact) mass is 236 g/mol. The van der Waals surface area contributed by atoms with E-state index in [0.717, 1.165) is 18.4 Å². The zero-order chi connectivity index (χ0) is 11.8. The lowest BCUT2D eigenvalue weighted by Crippen LogP contribution is -2.18. The van der Waals surface area contributed by atoms with Crippen LogP contribution in [0.4, 0.5) is 0 Å². The molecule has 3 aliphatic rings. The summed E-state index contributed by atoms with van der Waals surface area (Å²) in [6.07, 6.45) is 9.62. The summed E-state index contributed by atoms with van der Waals surface area (Å²) in [6.45, 7) is 0. The fraction of sp³-hybridized carbons (Fsp3) is 0.786. The predicted octanol–water partition coefficient (Wildman–Crippen LogP) is 2.90. The van der Waals surface area contributed by atoms with Gasteiger partial charge in [0, 0.05) is 5.57 Å². The van der Waals surface area contributed by atoms with Crippen molar-refractivity contribution >= 4 is 5.97 Å². The number of carboxylic acids is 1. The van der Waals surface area contributed by atoms with E-state index in [1.807, 2.05) is 0 Å². The number of epoxide rings is 1. The van der Waals surface area contributed by atoms with Crippen LogP contribution in [0.25, 0.3) is 0 Å². The van der Waals surface area contributed by atoms with E-state index < -0.39 is 5.97 Å². The van der Waals surface area contributed by atoms with Crippen molar-refractivity contribution < 1.29 is 14.6 Å². The van der Waals surface area contributed by atoms with Gasteiger partial charge in [-0.25, -0.2) is 4.79 Å². The van der Waals surface area contributed by atoms with Crippen LogP contribution in [-0.2, 0) is 9.53 Å². The van der Waals surface area contributed by atoms with Gasteiger partial charge >= 0.3 is 5.97 Å². The first-order valence-corrected chi connectivity index (χ1v) is 6.86. The normalized spacial score (nSPS) is 33.4. The summed E-state index contributed by atoms with van der Waals surface area (Å²) in [6, 6.07) is 0. The standard InChI is InChI=1S/C14H20O3/c15-14(16)10-6-7-12-13(17-12)11(10)8-9-4-2-1-3-5-9/h9,12-13H,1-8H2,(H,15,16). The van der Waals surface area contributed by atoms with Crippen LogP contribution in [0.15, 0.2) is 11.1 Å². The van der Waals surface area contributed by atoms with E-state index in [-0.39, 0.29) is 6.10 Å². The van der Waals surface area contributed by atoms with E-state index in [9.17, 15) is 9.90 Å². The molecule has 0 aromatic heterocycles. The summed E-state index contributed by atoms with van der Waals surface area (Å²) in [5.74, 6) is -0.0131. The third-order valence-corrected chi connectivity index (χ3v) is 4.48. The fourth-order valence-electron chi connectivity index (χ4n) is 3.47. The number of aliphatic carboxylic acids is 1. The van der Waals surface area contributed by atoms with E-state index in [2.05, 4.69) is 0 Å². The quantitative estimate of drug-likeness (QED) is 0.766. The Morgan fingerprint density at radius 2 is 2.00 bits per heavy atom. The second kappa shape index (κ2) is 4.45. The molecule has 3 heteroatoms. The van der Waals surface area contributed by atoms with Crippen molar-refractivity contribution in [3.8, 4) is 0 Å². The Labute approximate surface area is 102 Å². The molecule has 1 saturated heterocycles. The molecule has 0 bridgehead atoms. The molecular formula is C14H20O3. The molecule has 1 saturated carbocycles. The van der Waals surface area contributed by atoms with Gasteiger partial charge in [0.05, 0.1) is 6.10 Å². The highest BCUT2D eigenvalue weighted by atomic mass is 16.6. The zero-order valence-corrected chi connectivity index (χ0v) is 10.2. The summed E-state index contributed by atoms with van der Waals surface area (Å²) in [5, 5.41) is 9.26. The molecule has 0 aromatic carbocycles. The highest BCUT2D eigenvalue weighted by molar-refractivity contribution is 5.88. The van der Waals surface area contributed by atoms with E-state index >= 15 is 0 Å². The fourth-order valence-corrected chi connectivity index (χ4v) is 3.47. The van der Waals surface area contributed by atoms with Crippen LogP contribution in [0.5, 0.6) is 0 Å². The van der Waals surface area contributed by atoms with Gasteiger partial charge in [0.25, 0.3) is 0 Å². The Bertz CT molecular complexity index is 352. The molecule has 0 radical (unpaired) electrons. The van der Waals surface area contributed by atoms with Crippen LogP contribution in [0.1, 0.15) is 51.4 Å². The van der Waals surface area contributed by atoms with Gasteiger partial charge < -0.3 is 9.84 Å². The molecule has 2 atom stereocenters. The Morgan fingerprint density at radius 1 is 1.24 bits per heavy atom. The molecule has 94 valence electrons. The third kappa shape index (κ3) is 2.25. The minimum absolute atomic E-state index is 0.164. The Hall–Kier alpha value is -0.830. The van der Waals surface area contributed by atoms with Crippen molar-refractivity contribution in [2.24, 2.45) is 5.92 Å². The topological polar surface area (TPSA) is 49.8 Å². The van der Waals surface area contributed by atoms with E-state index in [4.69, 9.17) is 4.74 Å². The largest absolute Gasteiger partial charge is 0.478 e. The smallest absolute Gasteiger partial charge is 0.331 e. The average Bonchev–Trinajstić information content (AvgIpc) is 3.10. The Morgan fingerprint density at radius 3 is 2.71 bits per heavy atom. The van der Waals surface area contributed by atoms with Gasteiger partial charge in [0.1, 0.15) is 6.10 Å². The van der Waals surface area contributed by atoms with E-state index in [0.29, 0.717) is 24.0 Å². The van der Waals surface area contributed by atoms with Crippen molar-refractivity contribution in [3.63, 3.8) is 0 Å². The molecule has 2 unspecified atom stereocenters. The van der Waals surface area contributed by atoms with Crippen LogP contribution in [-0.4, -0.2) is 23.3 Å². The van der Waals surface area contributed by atoms with Crippen molar-refractivity contribution in [2.45, 2.75) is 63.6 Å². The predicted molar refractivity (Wildman–Crippen MR) is 63.7 cm³/mol. The highest BCUT2D eigenvalue weighted by Gasteiger charge is 2.46. The van der Waals surface area contributed by atoms with Gasteiger partial charge in [-0.05, 0) is 30.8 Å². The van der Waals surface area contributed by atoms with Crippen molar-refractivity contribution in [1.29, 1.82) is 0 Å². The molecule has 3 rings (SSSR count). The maximum atomic E-state index is 11.3. The average molecular weight is 236 g/mol. The molecule has 1 heterocycles. The molecule has 0 amide bonds. The summed E-state index contributed by atoms with van der Waals surface area (Å²) in [5.41, 5.74) is 1.79. The van der Waals surface area contributed by atoms with Crippen molar-refractivity contribution in [2.75, 3.05) is 0 Å². The summed E-state index contributed by atoms with van der Waals surface area (Å²) in [7, 11) is 0. The van der Waals surface area contributed by atoms with Crippen LogP contribution in [0.2, 0.25) is 0 Å². The van der Waals surface area contributed by atoms with Crippen molar-refractivity contribution in [1.82, 2.24) is 0 Å². The Balaban J connectivity index is 1.75. The van der Waals surface area contributed by atoms with E-state index in [1.54, 1.807) is 0 Å². The first-order chi connectivity index (χ1) is 8.25. The molecule has 2 fully saturated rings. The van der Waals surface area contributed by atoms with E-state index in [1.165, 1.54) is 32.1 Å². The first kappa shape index (κ1) is 11.3. The summed E-state index contributed by atoms with van der Waals surface area (Å²) < 4.78 is 5.59. The molecule has 1 N–H and O–H groups in total. The maximum absolute atomic E-state index is 11.3. The third-order valence-electron chi connectivity index (χ3n) is 4.48.